The smallest absolute Gasteiger partial charge is 0.324 e. The van der Waals surface area contributed by atoms with Crippen molar-refractivity contribution in [1.29, 1.82) is 0 Å². The maximum atomic E-state index is 12.6. The Kier molecular flexibility index (Phi) is 5.11. The topological polar surface area (TPSA) is 29.5 Å². The number of hydrogen-bond acceptors (Lipinski definition) is 3. The van der Waals surface area contributed by atoms with Crippen LogP contribution in [0.4, 0.5) is 0 Å². The Balaban J connectivity index is 1.68. The minimum absolute atomic E-state index is 0.153. The summed E-state index contributed by atoms with van der Waals surface area (Å²) in [4.78, 5) is 14.8. The molecule has 1 heterocycles. The van der Waals surface area contributed by atoms with Gasteiger partial charge in [0.15, 0.2) is 0 Å². The fourth-order valence-electron chi connectivity index (χ4n) is 3.20. The van der Waals surface area contributed by atoms with Gasteiger partial charge in [-0.3, -0.25) is 9.69 Å². The second kappa shape index (κ2) is 7.45. The highest BCUT2D eigenvalue weighted by molar-refractivity contribution is 5.77. The van der Waals surface area contributed by atoms with Crippen molar-refractivity contribution in [2.75, 3.05) is 6.54 Å². The third kappa shape index (κ3) is 3.74. The minimum Gasteiger partial charge on any atom is -0.460 e. The molecule has 1 aliphatic heterocycles. The number of hydrogen-bond donors (Lipinski definition) is 0. The number of nitrogens with zero attached hydrogens (tertiary/aromatic N) is 1. The number of benzene rings is 2. The van der Waals surface area contributed by atoms with Crippen molar-refractivity contribution < 1.29 is 9.53 Å². The Morgan fingerprint density at radius 3 is 2.46 bits per heavy atom. The molecule has 2 unspecified atom stereocenters. The molecule has 1 saturated heterocycles. The number of carbonyl (C=O) groups excluding carboxylic acids is 1. The van der Waals surface area contributed by atoms with Crippen LogP contribution < -0.4 is 0 Å². The molecule has 3 heteroatoms. The predicted molar refractivity (Wildman–Crippen MR) is 95.3 cm³/mol. The molecule has 0 aromatic heterocycles. The van der Waals surface area contributed by atoms with Gasteiger partial charge in [-0.2, -0.15) is 0 Å². The summed E-state index contributed by atoms with van der Waals surface area (Å²) < 4.78 is 5.55. The summed E-state index contributed by atoms with van der Waals surface area (Å²) in [5, 5.41) is 0. The van der Waals surface area contributed by atoms with Crippen LogP contribution in [0.1, 0.15) is 30.5 Å². The van der Waals surface area contributed by atoms with Crippen LogP contribution in [0.25, 0.3) is 0 Å². The van der Waals surface area contributed by atoms with Crippen LogP contribution in [-0.4, -0.2) is 23.5 Å². The van der Waals surface area contributed by atoms with E-state index >= 15 is 0 Å². The van der Waals surface area contributed by atoms with E-state index in [1.807, 2.05) is 48.5 Å². The summed E-state index contributed by atoms with van der Waals surface area (Å²) in [7, 11) is 0. The van der Waals surface area contributed by atoms with Gasteiger partial charge in [0, 0.05) is 12.6 Å². The highest BCUT2D eigenvalue weighted by Gasteiger charge is 2.37. The van der Waals surface area contributed by atoms with E-state index in [2.05, 4.69) is 30.5 Å². The van der Waals surface area contributed by atoms with E-state index in [9.17, 15) is 4.79 Å². The lowest BCUT2D eigenvalue weighted by Crippen LogP contribution is -2.38. The molecule has 0 radical (unpaired) electrons. The van der Waals surface area contributed by atoms with E-state index in [1.165, 1.54) is 5.56 Å². The first-order valence-electron chi connectivity index (χ1n) is 8.33. The summed E-state index contributed by atoms with van der Waals surface area (Å²) in [6.45, 7) is 7.27. The Labute approximate surface area is 143 Å². The molecule has 1 aliphatic rings. The molecule has 0 saturated carbocycles. The third-order valence-electron chi connectivity index (χ3n) is 4.56. The van der Waals surface area contributed by atoms with Crippen LogP contribution in [0.2, 0.25) is 0 Å². The standard InChI is InChI=1S/C21H23NO2/c1-16-13-20(21(23)24-15-18-9-5-3-6-10-18)22(14-16)17(2)19-11-7-4-8-12-19/h3-12,17,20H,1,13-15H2,2H3. The molecular weight excluding hydrogens is 298 g/mol. The maximum absolute atomic E-state index is 12.6. The lowest BCUT2D eigenvalue weighted by atomic mass is 10.1. The number of ether oxygens (including phenoxy) is 1. The molecule has 2 atom stereocenters. The van der Waals surface area contributed by atoms with Crippen LogP contribution >= 0.6 is 0 Å². The molecule has 3 rings (SSSR count). The molecule has 2 aromatic rings. The Hall–Kier alpha value is -2.39. The second-order valence-electron chi connectivity index (χ2n) is 6.32. The normalized spacial score (nSPS) is 19.2. The van der Waals surface area contributed by atoms with E-state index in [4.69, 9.17) is 4.74 Å². The summed E-state index contributed by atoms with van der Waals surface area (Å²) in [5.74, 6) is -0.166. The van der Waals surface area contributed by atoms with Gasteiger partial charge < -0.3 is 4.74 Å². The van der Waals surface area contributed by atoms with Crippen molar-refractivity contribution in [2.24, 2.45) is 0 Å². The average molecular weight is 321 g/mol. The number of carbonyl (C=O) groups is 1. The van der Waals surface area contributed by atoms with Crippen molar-refractivity contribution in [3.63, 3.8) is 0 Å². The largest absolute Gasteiger partial charge is 0.460 e. The van der Waals surface area contributed by atoms with Gasteiger partial charge in [0.25, 0.3) is 0 Å². The minimum atomic E-state index is -0.253. The van der Waals surface area contributed by atoms with E-state index in [-0.39, 0.29) is 18.1 Å². The molecule has 0 spiro atoms. The van der Waals surface area contributed by atoms with E-state index in [1.54, 1.807) is 0 Å². The Bertz CT molecular complexity index is 696. The quantitative estimate of drug-likeness (QED) is 0.613. The van der Waals surface area contributed by atoms with E-state index in [0.29, 0.717) is 13.0 Å². The zero-order valence-corrected chi connectivity index (χ0v) is 14.0. The van der Waals surface area contributed by atoms with Gasteiger partial charge in [0.2, 0.25) is 0 Å². The lowest BCUT2D eigenvalue weighted by Gasteiger charge is -2.29. The number of esters is 1. The molecule has 1 fully saturated rings. The highest BCUT2D eigenvalue weighted by Crippen LogP contribution is 2.31. The molecule has 0 bridgehead atoms. The fourth-order valence-corrected chi connectivity index (χ4v) is 3.20. The lowest BCUT2D eigenvalue weighted by molar-refractivity contribution is -0.151. The SMILES string of the molecule is C=C1CC(C(=O)OCc2ccccc2)N(C(C)c2ccccc2)C1. The van der Waals surface area contributed by atoms with Crippen LogP contribution in [0.5, 0.6) is 0 Å². The summed E-state index contributed by atoms with van der Waals surface area (Å²) in [5.41, 5.74) is 3.29. The third-order valence-corrected chi connectivity index (χ3v) is 4.56. The van der Waals surface area contributed by atoms with Gasteiger partial charge in [0.05, 0.1) is 0 Å². The summed E-state index contributed by atoms with van der Waals surface area (Å²) in [6, 6.07) is 19.9. The molecule has 0 N–H and O–H groups in total. The van der Waals surface area contributed by atoms with Gasteiger partial charge in [0.1, 0.15) is 12.6 Å². The van der Waals surface area contributed by atoms with Gasteiger partial charge >= 0.3 is 5.97 Å². The zero-order chi connectivity index (χ0) is 16.9. The first-order valence-corrected chi connectivity index (χ1v) is 8.33. The number of likely N-dealkylation sites (tertiary alicyclic amines) is 1. The summed E-state index contributed by atoms with van der Waals surface area (Å²) in [6.07, 6.45) is 0.671. The predicted octanol–water partition coefficient (Wildman–Crippen LogP) is 4.12. The fraction of sp³-hybridized carbons (Fsp3) is 0.286. The highest BCUT2D eigenvalue weighted by atomic mass is 16.5. The molecule has 24 heavy (non-hydrogen) atoms. The molecule has 0 aliphatic carbocycles. The van der Waals surface area contributed by atoms with Crippen molar-refractivity contribution in [3.05, 3.63) is 83.9 Å². The zero-order valence-electron chi connectivity index (χ0n) is 14.0. The van der Waals surface area contributed by atoms with Crippen LogP contribution in [0, 0.1) is 0 Å². The van der Waals surface area contributed by atoms with Gasteiger partial charge in [-0.25, -0.2) is 0 Å². The van der Waals surface area contributed by atoms with Gasteiger partial charge in [-0.05, 0) is 24.5 Å². The first kappa shape index (κ1) is 16.5. The Morgan fingerprint density at radius 2 is 1.79 bits per heavy atom. The molecule has 2 aromatic carbocycles. The van der Waals surface area contributed by atoms with Gasteiger partial charge in [-0.1, -0.05) is 72.8 Å². The van der Waals surface area contributed by atoms with Crippen LogP contribution in [-0.2, 0) is 16.1 Å². The van der Waals surface area contributed by atoms with E-state index in [0.717, 1.165) is 17.7 Å². The molecule has 124 valence electrons. The molecular formula is C21H23NO2. The molecule has 3 nitrogen and oxygen atoms in total. The average Bonchev–Trinajstić information content (AvgIpc) is 3.02. The van der Waals surface area contributed by atoms with E-state index < -0.39 is 0 Å². The molecule has 0 amide bonds. The van der Waals surface area contributed by atoms with Crippen molar-refractivity contribution >= 4 is 5.97 Å². The van der Waals surface area contributed by atoms with Crippen LogP contribution in [0.15, 0.2) is 72.8 Å². The monoisotopic (exact) mass is 321 g/mol. The first-order chi connectivity index (χ1) is 11.6. The van der Waals surface area contributed by atoms with Crippen molar-refractivity contribution in [3.8, 4) is 0 Å². The number of rotatable bonds is 5. The maximum Gasteiger partial charge on any atom is 0.324 e. The Morgan fingerprint density at radius 1 is 1.17 bits per heavy atom. The van der Waals surface area contributed by atoms with Crippen molar-refractivity contribution in [1.82, 2.24) is 4.90 Å². The van der Waals surface area contributed by atoms with Crippen molar-refractivity contribution in [2.45, 2.75) is 32.0 Å². The van der Waals surface area contributed by atoms with Gasteiger partial charge in [-0.15, -0.1) is 0 Å². The second-order valence-corrected chi connectivity index (χ2v) is 6.32. The summed E-state index contributed by atoms with van der Waals surface area (Å²) >= 11 is 0. The van der Waals surface area contributed by atoms with Crippen LogP contribution in [0.3, 0.4) is 0 Å².